The predicted molar refractivity (Wildman–Crippen MR) is 113 cm³/mol. The first-order valence-corrected chi connectivity index (χ1v) is 9.24. The molecule has 29 heavy (non-hydrogen) atoms. The number of benzene rings is 2. The summed E-state index contributed by atoms with van der Waals surface area (Å²) < 4.78 is 12.5. The van der Waals surface area contributed by atoms with Gasteiger partial charge in [-0.3, -0.25) is 4.79 Å². The van der Waals surface area contributed by atoms with Gasteiger partial charge in [0.2, 0.25) is 0 Å². The number of methoxy groups -OCH3 is 2. The van der Waals surface area contributed by atoms with Crippen molar-refractivity contribution < 1.29 is 14.3 Å². The number of amides is 1. The van der Waals surface area contributed by atoms with Crippen molar-refractivity contribution in [3.05, 3.63) is 77.6 Å². The second kappa shape index (κ2) is 7.85. The number of hydrogen-bond acceptors (Lipinski definition) is 4. The molecule has 0 saturated carbocycles. The first-order valence-electron chi connectivity index (χ1n) is 8.86. The molecule has 1 amide bonds. The quantitative estimate of drug-likeness (QED) is 0.509. The third-order valence-corrected chi connectivity index (χ3v) is 4.73. The molecular formula is C22H18ClN3O3. The van der Waals surface area contributed by atoms with Crippen LogP contribution in [0.3, 0.4) is 0 Å². The van der Waals surface area contributed by atoms with Crippen LogP contribution in [0.15, 0.2) is 67.0 Å². The predicted octanol–water partition coefficient (Wildman–Crippen LogP) is 4.92. The van der Waals surface area contributed by atoms with Gasteiger partial charge in [0.1, 0.15) is 22.7 Å². The minimum absolute atomic E-state index is 0.311. The number of fused-ring (bicyclic) bond motifs is 1. The van der Waals surface area contributed by atoms with Crippen LogP contribution >= 0.6 is 11.6 Å². The van der Waals surface area contributed by atoms with Gasteiger partial charge in [-0.2, -0.15) is 0 Å². The van der Waals surface area contributed by atoms with Gasteiger partial charge in [-0.25, -0.2) is 4.98 Å². The molecule has 6 nitrogen and oxygen atoms in total. The van der Waals surface area contributed by atoms with E-state index in [9.17, 15) is 4.79 Å². The lowest BCUT2D eigenvalue weighted by molar-refractivity contribution is 0.102. The van der Waals surface area contributed by atoms with Crippen molar-refractivity contribution in [2.45, 2.75) is 0 Å². The molecule has 0 aliphatic carbocycles. The van der Waals surface area contributed by atoms with Crippen molar-refractivity contribution in [3.63, 3.8) is 0 Å². The molecule has 4 aromatic rings. The molecule has 0 aliphatic rings. The van der Waals surface area contributed by atoms with E-state index in [4.69, 9.17) is 21.1 Å². The first-order chi connectivity index (χ1) is 14.1. The Bertz CT molecular complexity index is 1160. The van der Waals surface area contributed by atoms with Gasteiger partial charge in [-0.15, -0.1) is 0 Å². The number of anilines is 1. The maximum atomic E-state index is 12.8. The van der Waals surface area contributed by atoms with Gasteiger partial charge in [-0.1, -0.05) is 29.8 Å². The van der Waals surface area contributed by atoms with Crippen LogP contribution in [0.25, 0.3) is 16.9 Å². The van der Waals surface area contributed by atoms with E-state index in [0.29, 0.717) is 27.8 Å². The number of pyridine rings is 1. The van der Waals surface area contributed by atoms with Crippen LogP contribution in [0.5, 0.6) is 11.5 Å². The van der Waals surface area contributed by atoms with Crippen molar-refractivity contribution in [1.29, 1.82) is 0 Å². The van der Waals surface area contributed by atoms with E-state index < -0.39 is 0 Å². The van der Waals surface area contributed by atoms with Crippen LogP contribution in [0, 0.1) is 0 Å². The van der Waals surface area contributed by atoms with Crippen LogP contribution in [-0.4, -0.2) is 29.5 Å². The Morgan fingerprint density at radius 1 is 0.966 bits per heavy atom. The molecule has 2 aromatic heterocycles. The van der Waals surface area contributed by atoms with Crippen LogP contribution < -0.4 is 14.8 Å². The highest BCUT2D eigenvalue weighted by atomic mass is 35.5. The molecule has 2 aromatic carbocycles. The number of carbonyl (C=O) groups is 1. The van der Waals surface area contributed by atoms with E-state index in [1.807, 2.05) is 47.1 Å². The summed E-state index contributed by atoms with van der Waals surface area (Å²) in [4.78, 5) is 17.4. The molecule has 4 rings (SSSR count). The summed E-state index contributed by atoms with van der Waals surface area (Å²) in [6.45, 7) is 0. The van der Waals surface area contributed by atoms with E-state index in [1.165, 1.54) is 14.2 Å². The number of hydrogen-bond donors (Lipinski definition) is 1. The Morgan fingerprint density at radius 2 is 1.66 bits per heavy atom. The van der Waals surface area contributed by atoms with Crippen molar-refractivity contribution in [1.82, 2.24) is 9.38 Å². The SMILES string of the molecule is COc1cccc(OC)c1C(=O)Nc1ccc(-c2cn3cc(Cl)ccc3n2)cc1. The zero-order valence-corrected chi connectivity index (χ0v) is 16.6. The second-order valence-corrected chi connectivity index (χ2v) is 6.74. The summed E-state index contributed by atoms with van der Waals surface area (Å²) in [5.41, 5.74) is 3.55. The normalized spacial score (nSPS) is 10.7. The van der Waals surface area contributed by atoms with Crippen molar-refractivity contribution in [3.8, 4) is 22.8 Å². The zero-order chi connectivity index (χ0) is 20.4. The largest absolute Gasteiger partial charge is 0.496 e. The number of imidazole rings is 1. The molecule has 0 aliphatic heterocycles. The summed E-state index contributed by atoms with van der Waals surface area (Å²) in [7, 11) is 3.03. The highest BCUT2D eigenvalue weighted by molar-refractivity contribution is 6.30. The van der Waals surface area contributed by atoms with Gasteiger partial charge in [0, 0.05) is 23.6 Å². The zero-order valence-electron chi connectivity index (χ0n) is 15.8. The summed E-state index contributed by atoms with van der Waals surface area (Å²) in [6.07, 6.45) is 3.72. The maximum Gasteiger partial charge on any atom is 0.263 e. The second-order valence-electron chi connectivity index (χ2n) is 6.31. The minimum Gasteiger partial charge on any atom is -0.496 e. The third kappa shape index (κ3) is 3.75. The molecule has 7 heteroatoms. The molecule has 0 spiro atoms. The van der Waals surface area contributed by atoms with Crippen LogP contribution in [0.4, 0.5) is 5.69 Å². The highest BCUT2D eigenvalue weighted by Crippen LogP contribution is 2.29. The Hall–Kier alpha value is -3.51. The fourth-order valence-corrected chi connectivity index (χ4v) is 3.26. The smallest absolute Gasteiger partial charge is 0.263 e. The molecule has 0 fully saturated rings. The summed E-state index contributed by atoms with van der Waals surface area (Å²) >= 11 is 6.03. The van der Waals surface area contributed by atoms with Gasteiger partial charge in [-0.05, 0) is 36.4 Å². The molecule has 0 radical (unpaired) electrons. The summed E-state index contributed by atoms with van der Waals surface area (Å²) in [5, 5.41) is 3.52. The van der Waals surface area contributed by atoms with Crippen LogP contribution in [-0.2, 0) is 0 Å². The number of nitrogens with one attached hydrogen (secondary N) is 1. The average molecular weight is 408 g/mol. The number of carbonyl (C=O) groups excluding carboxylic acids is 1. The van der Waals surface area contributed by atoms with Crippen LogP contribution in [0.1, 0.15) is 10.4 Å². The fraction of sp³-hybridized carbons (Fsp3) is 0.0909. The Balaban J connectivity index is 1.57. The van der Waals surface area contributed by atoms with Crippen molar-refractivity contribution in [2.75, 3.05) is 19.5 Å². The number of ether oxygens (including phenoxy) is 2. The van der Waals surface area contributed by atoms with Gasteiger partial charge in [0.25, 0.3) is 5.91 Å². The van der Waals surface area contributed by atoms with Gasteiger partial charge in [0.05, 0.1) is 24.9 Å². The molecule has 0 saturated heterocycles. The number of nitrogens with zero attached hydrogens (tertiary/aromatic N) is 2. The minimum atomic E-state index is -0.311. The summed E-state index contributed by atoms with van der Waals surface area (Å²) in [5.74, 6) is 0.582. The molecule has 2 heterocycles. The van der Waals surface area contributed by atoms with E-state index in [1.54, 1.807) is 24.3 Å². The Kier molecular flexibility index (Phi) is 5.10. The number of halogens is 1. The Labute approximate surface area is 172 Å². The fourth-order valence-electron chi connectivity index (χ4n) is 3.10. The highest BCUT2D eigenvalue weighted by Gasteiger charge is 2.18. The van der Waals surface area contributed by atoms with Gasteiger partial charge < -0.3 is 19.2 Å². The summed E-state index contributed by atoms with van der Waals surface area (Å²) in [6, 6.07) is 16.3. The first kappa shape index (κ1) is 18.8. The molecule has 0 atom stereocenters. The molecule has 0 unspecified atom stereocenters. The van der Waals surface area contributed by atoms with Crippen molar-refractivity contribution >= 4 is 28.8 Å². The topological polar surface area (TPSA) is 64.9 Å². The maximum absolute atomic E-state index is 12.8. The molecule has 146 valence electrons. The third-order valence-electron chi connectivity index (χ3n) is 4.51. The van der Waals surface area contributed by atoms with Gasteiger partial charge in [0.15, 0.2) is 0 Å². The average Bonchev–Trinajstić information content (AvgIpc) is 3.16. The molecule has 0 bridgehead atoms. The Morgan fingerprint density at radius 3 is 2.31 bits per heavy atom. The number of aromatic nitrogens is 2. The standard InChI is InChI=1S/C22H18ClN3O3/c1-28-18-4-3-5-19(29-2)21(18)22(27)24-16-9-6-14(7-10-16)17-13-26-12-15(23)8-11-20(26)25-17/h3-13H,1-2H3,(H,24,27). The van der Waals surface area contributed by atoms with Crippen LogP contribution in [0.2, 0.25) is 5.02 Å². The van der Waals surface area contributed by atoms with E-state index in [2.05, 4.69) is 10.3 Å². The number of rotatable bonds is 5. The molecular weight excluding hydrogens is 390 g/mol. The van der Waals surface area contributed by atoms with Crippen molar-refractivity contribution in [2.24, 2.45) is 0 Å². The van der Waals surface area contributed by atoms with E-state index in [-0.39, 0.29) is 5.91 Å². The lowest BCUT2D eigenvalue weighted by Crippen LogP contribution is -2.14. The van der Waals surface area contributed by atoms with Gasteiger partial charge >= 0.3 is 0 Å². The molecule has 1 N–H and O–H groups in total. The van der Waals surface area contributed by atoms with E-state index in [0.717, 1.165) is 16.9 Å². The van der Waals surface area contributed by atoms with E-state index >= 15 is 0 Å². The monoisotopic (exact) mass is 407 g/mol. The lowest BCUT2D eigenvalue weighted by atomic mass is 10.1. The lowest BCUT2D eigenvalue weighted by Gasteiger charge is -2.13.